The molecule has 0 aliphatic heterocycles. The molecule has 0 unspecified atom stereocenters. The molecule has 0 aromatic carbocycles. The number of rotatable bonds is 8. The molecule has 6 nitrogen and oxygen atoms in total. The van der Waals surface area contributed by atoms with E-state index in [-0.39, 0.29) is 24.0 Å². The van der Waals surface area contributed by atoms with E-state index in [1.807, 2.05) is 0 Å². The SMILES string of the molecule is CCOc1ncccc1C(=O)OCC(=O)NCCC(C)C. The molecular weight excluding hydrogens is 272 g/mol. The lowest BCUT2D eigenvalue weighted by molar-refractivity contribution is -0.124. The first-order valence-electron chi connectivity index (χ1n) is 7.06. The Labute approximate surface area is 124 Å². The van der Waals surface area contributed by atoms with Crippen molar-refractivity contribution in [3.8, 4) is 5.88 Å². The smallest absolute Gasteiger partial charge is 0.344 e. The molecule has 1 heterocycles. The van der Waals surface area contributed by atoms with E-state index in [0.29, 0.717) is 19.1 Å². The van der Waals surface area contributed by atoms with Crippen LogP contribution in [0.2, 0.25) is 0 Å². The van der Waals surface area contributed by atoms with Crippen molar-refractivity contribution in [3.05, 3.63) is 23.9 Å². The maximum Gasteiger partial charge on any atom is 0.344 e. The Balaban J connectivity index is 2.45. The zero-order chi connectivity index (χ0) is 15.7. The van der Waals surface area contributed by atoms with Gasteiger partial charge in [0.1, 0.15) is 5.56 Å². The van der Waals surface area contributed by atoms with E-state index in [1.54, 1.807) is 19.1 Å². The van der Waals surface area contributed by atoms with Crippen molar-refractivity contribution in [2.24, 2.45) is 5.92 Å². The van der Waals surface area contributed by atoms with Crippen LogP contribution >= 0.6 is 0 Å². The normalized spacial score (nSPS) is 10.3. The summed E-state index contributed by atoms with van der Waals surface area (Å²) in [7, 11) is 0. The van der Waals surface area contributed by atoms with E-state index in [9.17, 15) is 9.59 Å². The molecule has 21 heavy (non-hydrogen) atoms. The Morgan fingerprint density at radius 2 is 2.14 bits per heavy atom. The van der Waals surface area contributed by atoms with Gasteiger partial charge in [0.15, 0.2) is 6.61 Å². The first kappa shape index (κ1) is 16.9. The van der Waals surface area contributed by atoms with Gasteiger partial charge in [-0.05, 0) is 31.4 Å². The average Bonchev–Trinajstić information content (AvgIpc) is 2.45. The molecule has 0 radical (unpaired) electrons. The summed E-state index contributed by atoms with van der Waals surface area (Å²) in [6, 6.07) is 3.17. The maximum absolute atomic E-state index is 11.9. The molecule has 1 aromatic heterocycles. The fourth-order valence-corrected chi connectivity index (χ4v) is 1.56. The second kappa shape index (κ2) is 8.94. The number of nitrogens with one attached hydrogen (secondary N) is 1. The predicted octanol–water partition coefficient (Wildman–Crippen LogP) is 1.80. The van der Waals surface area contributed by atoms with Gasteiger partial charge in [-0.1, -0.05) is 13.8 Å². The van der Waals surface area contributed by atoms with Crippen molar-refractivity contribution in [1.29, 1.82) is 0 Å². The third-order valence-corrected chi connectivity index (χ3v) is 2.65. The summed E-state index contributed by atoms with van der Waals surface area (Å²) in [5, 5.41) is 2.70. The van der Waals surface area contributed by atoms with E-state index < -0.39 is 5.97 Å². The van der Waals surface area contributed by atoms with E-state index in [1.165, 1.54) is 6.20 Å². The zero-order valence-electron chi connectivity index (χ0n) is 12.7. The minimum absolute atomic E-state index is 0.213. The summed E-state index contributed by atoms with van der Waals surface area (Å²) < 4.78 is 10.2. The number of nitrogens with zero attached hydrogens (tertiary/aromatic N) is 1. The average molecular weight is 294 g/mol. The van der Waals surface area contributed by atoms with Crippen LogP contribution in [0.3, 0.4) is 0 Å². The summed E-state index contributed by atoms with van der Waals surface area (Å²) in [6.07, 6.45) is 2.41. The van der Waals surface area contributed by atoms with Crippen LogP contribution in [0.25, 0.3) is 0 Å². The summed E-state index contributed by atoms with van der Waals surface area (Å²) >= 11 is 0. The number of ether oxygens (including phenoxy) is 2. The van der Waals surface area contributed by atoms with Gasteiger partial charge >= 0.3 is 5.97 Å². The molecule has 0 spiro atoms. The summed E-state index contributed by atoms with van der Waals surface area (Å²) in [4.78, 5) is 27.4. The van der Waals surface area contributed by atoms with Crippen LogP contribution < -0.4 is 10.1 Å². The van der Waals surface area contributed by atoms with E-state index >= 15 is 0 Å². The van der Waals surface area contributed by atoms with Gasteiger partial charge in [0.2, 0.25) is 5.88 Å². The number of hydrogen-bond donors (Lipinski definition) is 1. The molecular formula is C15H22N2O4. The van der Waals surface area contributed by atoms with Crippen LogP contribution in [0.15, 0.2) is 18.3 Å². The van der Waals surface area contributed by atoms with E-state index in [0.717, 1.165) is 6.42 Å². The second-order valence-electron chi connectivity index (χ2n) is 4.90. The van der Waals surface area contributed by atoms with Gasteiger partial charge < -0.3 is 14.8 Å². The van der Waals surface area contributed by atoms with Gasteiger partial charge in [0.25, 0.3) is 5.91 Å². The molecule has 1 aromatic rings. The fourth-order valence-electron chi connectivity index (χ4n) is 1.56. The Morgan fingerprint density at radius 3 is 2.81 bits per heavy atom. The molecule has 0 atom stereocenters. The van der Waals surface area contributed by atoms with Gasteiger partial charge in [0, 0.05) is 12.7 Å². The number of pyridine rings is 1. The third-order valence-electron chi connectivity index (χ3n) is 2.65. The number of esters is 1. The highest BCUT2D eigenvalue weighted by molar-refractivity contribution is 5.93. The van der Waals surface area contributed by atoms with Crippen molar-refractivity contribution < 1.29 is 19.1 Å². The first-order chi connectivity index (χ1) is 10.0. The molecule has 0 fully saturated rings. The second-order valence-corrected chi connectivity index (χ2v) is 4.90. The molecule has 116 valence electrons. The number of carbonyl (C=O) groups is 2. The highest BCUT2D eigenvalue weighted by Crippen LogP contribution is 2.15. The largest absolute Gasteiger partial charge is 0.477 e. The minimum Gasteiger partial charge on any atom is -0.477 e. The lowest BCUT2D eigenvalue weighted by Crippen LogP contribution is -2.30. The van der Waals surface area contributed by atoms with Crippen LogP contribution in [0.4, 0.5) is 0 Å². The van der Waals surface area contributed by atoms with Crippen molar-refractivity contribution >= 4 is 11.9 Å². The molecule has 1 N–H and O–H groups in total. The van der Waals surface area contributed by atoms with Gasteiger partial charge in [-0.15, -0.1) is 0 Å². The highest BCUT2D eigenvalue weighted by Gasteiger charge is 2.16. The van der Waals surface area contributed by atoms with Crippen molar-refractivity contribution in [3.63, 3.8) is 0 Å². The summed E-state index contributed by atoms with van der Waals surface area (Å²) in [6.45, 7) is 6.61. The van der Waals surface area contributed by atoms with Gasteiger partial charge in [-0.25, -0.2) is 9.78 Å². The molecule has 1 amide bonds. The molecule has 1 rings (SSSR count). The molecule has 0 aliphatic rings. The third kappa shape index (κ3) is 6.25. The van der Waals surface area contributed by atoms with Gasteiger partial charge in [-0.3, -0.25) is 4.79 Å². The summed E-state index contributed by atoms with van der Waals surface area (Å²) in [5.74, 6) is -0.210. The molecule has 0 saturated heterocycles. The number of amides is 1. The topological polar surface area (TPSA) is 77.5 Å². The Hall–Kier alpha value is -2.11. The molecule has 0 aliphatic carbocycles. The fraction of sp³-hybridized carbons (Fsp3) is 0.533. The molecule has 0 saturated carbocycles. The van der Waals surface area contributed by atoms with Crippen LogP contribution in [-0.4, -0.2) is 36.6 Å². The van der Waals surface area contributed by atoms with Crippen LogP contribution in [-0.2, 0) is 9.53 Å². The Morgan fingerprint density at radius 1 is 1.38 bits per heavy atom. The van der Waals surface area contributed by atoms with E-state index in [2.05, 4.69) is 24.1 Å². The number of carbonyl (C=O) groups excluding carboxylic acids is 2. The number of hydrogen-bond acceptors (Lipinski definition) is 5. The molecule has 0 bridgehead atoms. The van der Waals surface area contributed by atoms with Gasteiger partial charge in [-0.2, -0.15) is 0 Å². The predicted molar refractivity (Wildman–Crippen MR) is 78.2 cm³/mol. The van der Waals surface area contributed by atoms with Crippen molar-refractivity contribution in [2.75, 3.05) is 19.8 Å². The van der Waals surface area contributed by atoms with Crippen LogP contribution in [0.5, 0.6) is 5.88 Å². The first-order valence-corrected chi connectivity index (χ1v) is 7.06. The summed E-state index contributed by atoms with van der Waals surface area (Å²) in [5.41, 5.74) is 0.217. The van der Waals surface area contributed by atoms with Gasteiger partial charge in [0.05, 0.1) is 6.61 Å². The quantitative estimate of drug-likeness (QED) is 0.740. The minimum atomic E-state index is -0.620. The maximum atomic E-state index is 11.9. The van der Waals surface area contributed by atoms with Crippen molar-refractivity contribution in [1.82, 2.24) is 10.3 Å². The Kier molecular flexibility index (Phi) is 7.21. The zero-order valence-corrected chi connectivity index (χ0v) is 12.7. The van der Waals surface area contributed by atoms with Crippen LogP contribution in [0.1, 0.15) is 37.6 Å². The van der Waals surface area contributed by atoms with E-state index in [4.69, 9.17) is 9.47 Å². The standard InChI is InChI=1S/C15H22N2O4/c1-4-20-14-12(6-5-8-17-14)15(19)21-10-13(18)16-9-7-11(2)3/h5-6,8,11H,4,7,9-10H2,1-3H3,(H,16,18). The molecule has 6 heteroatoms. The monoisotopic (exact) mass is 294 g/mol. The van der Waals surface area contributed by atoms with Crippen LogP contribution in [0, 0.1) is 5.92 Å². The highest BCUT2D eigenvalue weighted by atomic mass is 16.5. The van der Waals surface area contributed by atoms with Crippen molar-refractivity contribution in [2.45, 2.75) is 27.2 Å². The number of aromatic nitrogens is 1. The lowest BCUT2D eigenvalue weighted by Gasteiger charge is -2.09. The Bertz CT molecular complexity index is 474. The lowest BCUT2D eigenvalue weighted by atomic mass is 10.1.